The van der Waals surface area contributed by atoms with Gasteiger partial charge in [0, 0.05) is 6.42 Å². The molecule has 0 unspecified atom stereocenters. The maximum atomic E-state index is 12.0. The van der Waals surface area contributed by atoms with Crippen LogP contribution in [0, 0.1) is 10.8 Å². The van der Waals surface area contributed by atoms with Crippen molar-refractivity contribution in [1.29, 1.82) is 0 Å². The fourth-order valence-electron chi connectivity index (χ4n) is 2.84. The molecular weight excluding hydrogens is 185 g/mol. The molecule has 2 bridgehead atoms. The second kappa shape index (κ2) is 2.01. The van der Waals surface area contributed by atoms with Gasteiger partial charge in [0.25, 0.3) is 0 Å². The molecular formula is C8H9F3O2. The monoisotopic (exact) mass is 194 g/mol. The maximum Gasteiger partial charge on any atom is 0.389 e. The molecule has 3 fully saturated rings. The lowest BCUT2D eigenvalue weighted by Gasteiger charge is -2.68. The van der Waals surface area contributed by atoms with Gasteiger partial charge in [0.15, 0.2) is 0 Å². The van der Waals surface area contributed by atoms with Gasteiger partial charge in [-0.25, -0.2) is 0 Å². The number of hydrogen-bond donors (Lipinski definition) is 1. The van der Waals surface area contributed by atoms with Crippen molar-refractivity contribution < 1.29 is 23.1 Å². The predicted octanol–water partition coefficient (Wildman–Crippen LogP) is 2.19. The van der Waals surface area contributed by atoms with Crippen LogP contribution in [0.3, 0.4) is 0 Å². The van der Waals surface area contributed by atoms with E-state index in [1.807, 2.05) is 0 Å². The number of aliphatic carboxylic acids is 1. The van der Waals surface area contributed by atoms with E-state index >= 15 is 0 Å². The van der Waals surface area contributed by atoms with Crippen LogP contribution in [0.4, 0.5) is 13.2 Å². The number of hydrogen-bond acceptors (Lipinski definition) is 1. The Labute approximate surface area is 72.7 Å². The average molecular weight is 194 g/mol. The van der Waals surface area contributed by atoms with Gasteiger partial charge in [-0.2, -0.15) is 13.2 Å². The molecule has 3 aliphatic carbocycles. The van der Waals surface area contributed by atoms with Crippen LogP contribution in [0.5, 0.6) is 0 Å². The zero-order valence-corrected chi connectivity index (χ0v) is 6.82. The summed E-state index contributed by atoms with van der Waals surface area (Å²) in [4.78, 5) is 10.6. The van der Waals surface area contributed by atoms with Gasteiger partial charge in [0.05, 0.1) is 5.41 Å². The molecule has 74 valence electrons. The third kappa shape index (κ3) is 1.13. The van der Waals surface area contributed by atoms with E-state index in [-0.39, 0.29) is 19.3 Å². The quantitative estimate of drug-likeness (QED) is 0.731. The van der Waals surface area contributed by atoms with Crippen molar-refractivity contribution in [2.24, 2.45) is 10.8 Å². The molecule has 1 N–H and O–H groups in total. The number of alkyl halides is 3. The summed E-state index contributed by atoms with van der Waals surface area (Å²) in [5.74, 6) is -0.934. The van der Waals surface area contributed by atoms with Crippen LogP contribution >= 0.6 is 0 Å². The molecule has 0 atom stereocenters. The predicted molar refractivity (Wildman–Crippen MR) is 37.0 cm³/mol. The summed E-state index contributed by atoms with van der Waals surface area (Å²) in [6.45, 7) is 0. The Morgan fingerprint density at radius 3 is 2.08 bits per heavy atom. The van der Waals surface area contributed by atoms with E-state index < -0.39 is 29.4 Å². The lowest BCUT2D eigenvalue weighted by Crippen LogP contribution is -2.66. The molecule has 0 spiro atoms. The van der Waals surface area contributed by atoms with Crippen LogP contribution < -0.4 is 0 Å². The lowest BCUT2D eigenvalue weighted by molar-refractivity contribution is -0.265. The minimum Gasteiger partial charge on any atom is -0.481 e. The van der Waals surface area contributed by atoms with Gasteiger partial charge >= 0.3 is 12.1 Å². The van der Waals surface area contributed by atoms with E-state index in [9.17, 15) is 18.0 Å². The summed E-state index contributed by atoms with van der Waals surface area (Å²) in [5, 5.41) is 8.66. The molecule has 3 rings (SSSR count). The highest BCUT2D eigenvalue weighted by Crippen LogP contribution is 2.76. The van der Waals surface area contributed by atoms with Gasteiger partial charge in [0.2, 0.25) is 0 Å². The number of carbonyl (C=O) groups is 1. The highest BCUT2D eigenvalue weighted by atomic mass is 19.4. The molecule has 0 aromatic rings. The first kappa shape index (κ1) is 8.84. The van der Waals surface area contributed by atoms with Gasteiger partial charge < -0.3 is 5.11 Å². The first-order chi connectivity index (χ1) is 5.77. The van der Waals surface area contributed by atoms with Crippen LogP contribution in [0.25, 0.3) is 0 Å². The van der Waals surface area contributed by atoms with E-state index in [0.717, 1.165) is 0 Å². The Morgan fingerprint density at radius 1 is 1.31 bits per heavy atom. The molecule has 5 heteroatoms. The van der Waals surface area contributed by atoms with Gasteiger partial charge in [0.1, 0.15) is 0 Å². The first-order valence-corrected chi connectivity index (χ1v) is 4.07. The van der Waals surface area contributed by atoms with Gasteiger partial charge in [-0.3, -0.25) is 4.79 Å². The van der Waals surface area contributed by atoms with Crippen LogP contribution in [-0.2, 0) is 4.79 Å². The molecule has 0 aromatic carbocycles. The molecule has 0 radical (unpaired) electrons. The zero-order valence-electron chi connectivity index (χ0n) is 6.82. The fraction of sp³-hybridized carbons (Fsp3) is 0.875. The van der Waals surface area contributed by atoms with Crippen molar-refractivity contribution in [3.05, 3.63) is 0 Å². The Balaban J connectivity index is 1.94. The van der Waals surface area contributed by atoms with Gasteiger partial charge in [-0.05, 0) is 24.7 Å². The summed E-state index contributed by atoms with van der Waals surface area (Å²) < 4.78 is 35.9. The van der Waals surface area contributed by atoms with Crippen LogP contribution in [0.2, 0.25) is 0 Å². The van der Waals surface area contributed by atoms with E-state index in [0.29, 0.717) is 0 Å². The Hall–Kier alpha value is -0.740. The van der Waals surface area contributed by atoms with E-state index in [1.165, 1.54) is 0 Å². The van der Waals surface area contributed by atoms with Crippen molar-refractivity contribution in [3.8, 4) is 0 Å². The fourth-order valence-corrected chi connectivity index (χ4v) is 2.84. The molecule has 3 aliphatic rings. The number of rotatable bonds is 2. The summed E-state index contributed by atoms with van der Waals surface area (Å²) >= 11 is 0. The van der Waals surface area contributed by atoms with Crippen molar-refractivity contribution in [2.75, 3.05) is 0 Å². The van der Waals surface area contributed by atoms with Crippen LogP contribution in [0.15, 0.2) is 0 Å². The third-order valence-corrected chi connectivity index (χ3v) is 3.17. The topological polar surface area (TPSA) is 37.3 Å². The number of halogens is 3. The van der Waals surface area contributed by atoms with Crippen LogP contribution in [0.1, 0.15) is 25.7 Å². The minimum atomic E-state index is -4.15. The van der Waals surface area contributed by atoms with Gasteiger partial charge in [-0.15, -0.1) is 0 Å². The highest BCUT2D eigenvalue weighted by molar-refractivity contribution is 5.79. The zero-order chi connectivity index (χ0) is 9.91. The maximum absolute atomic E-state index is 12.0. The van der Waals surface area contributed by atoms with Gasteiger partial charge in [-0.1, -0.05) is 0 Å². The van der Waals surface area contributed by atoms with Crippen molar-refractivity contribution >= 4 is 5.97 Å². The van der Waals surface area contributed by atoms with E-state index in [2.05, 4.69) is 0 Å². The molecule has 0 heterocycles. The average Bonchev–Trinajstić information content (AvgIpc) is 1.71. The van der Waals surface area contributed by atoms with Crippen molar-refractivity contribution in [3.63, 3.8) is 0 Å². The molecule has 2 nitrogen and oxygen atoms in total. The largest absolute Gasteiger partial charge is 0.481 e. The molecule has 0 saturated heterocycles. The van der Waals surface area contributed by atoms with E-state index in [1.54, 1.807) is 0 Å². The summed E-state index contributed by atoms with van der Waals surface area (Å²) in [7, 11) is 0. The number of carboxylic acids is 1. The molecule has 0 aliphatic heterocycles. The Kier molecular flexibility index (Phi) is 1.37. The SMILES string of the molecule is O=C(O)C12CC(CC(F)(F)F)(C1)C2. The smallest absolute Gasteiger partial charge is 0.389 e. The molecule has 13 heavy (non-hydrogen) atoms. The molecule has 0 amide bonds. The first-order valence-electron chi connectivity index (χ1n) is 4.07. The second-order valence-electron chi connectivity index (χ2n) is 4.41. The molecule has 0 aromatic heterocycles. The highest BCUT2D eigenvalue weighted by Gasteiger charge is 2.73. The normalized spacial score (nSPS) is 42.1. The lowest BCUT2D eigenvalue weighted by atomic mass is 9.34. The Bertz CT molecular complexity index is 249. The second-order valence-corrected chi connectivity index (χ2v) is 4.41. The molecule has 3 saturated carbocycles. The third-order valence-electron chi connectivity index (χ3n) is 3.17. The summed E-state index contributed by atoms with van der Waals surface area (Å²) in [6.07, 6.45) is -4.31. The van der Waals surface area contributed by atoms with E-state index in [4.69, 9.17) is 5.11 Å². The Morgan fingerprint density at radius 2 is 1.77 bits per heavy atom. The van der Waals surface area contributed by atoms with Crippen molar-refractivity contribution in [2.45, 2.75) is 31.9 Å². The summed E-state index contributed by atoms with van der Waals surface area (Å²) in [6, 6.07) is 0. The number of carboxylic acid groups (broad SMARTS) is 1. The van der Waals surface area contributed by atoms with Crippen molar-refractivity contribution in [1.82, 2.24) is 0 Å². The summed E-state index contributed by atoms with van der Waals surface area (Å²) in [5.41, 5.74) is -1.50. The van der Waals surface area contributed by atoms with Crippen LogP contribution in [-0.4, -0.2) is 17.3 Å². The minimum absolute atomic E-state index is 0.217. The standard InChI is InChI=1S/C8H9F3O2/c9-8(10,11)4-6-1-7(2-6,3-6)5(12)13/h1-4H2,(H,12,13).